The SMILES string of the molecule is Clc1ccc(C(CBr)Cc2ccc(I)cc2)cc1. The molecule has 0 saturated carbocycles. The second-order valence-corrected chi connectivity index (χ2v) is 6.56. The van der Waals surface area contributed by atoms with Gasteiger partial charge in [-0.1, -0.05) is 51.8 Å². The summed E-state index contributed by atoms with van der Waals surface area (Å²) in [6.45, 7) is 0. The van der Waals surface area contributed by atoms with Crippen LogP contribution in [0.5, 0.6) is 0 Å². The topological polar surface area (TPSA) is 0 Å². The van der Waals surface area contributed by atoms with Crippen molar-refractivity contribution in [1.82, 2.24) is 0 Å². The predicted octanol–water partition coefficient (Wildman–Crippen LogP) is 5.67. The van der Waals surface area contributed by atoms with Gasteiger partial charge in [-0.05, 0) is 70.3 Å². The first-order valence-electron chi connectivity index (χ1n) is 5.75. The van der Waals surface area contributed by atoms with Gasteiger partial charge >= 0.3 is 0 Å². The van der Waals surface area contributed by atoms with E-state index >= 15 is 0 Å². The third-order valence-electron chi connectivity index (χ3n) is 2.92. The Morgan fingerprint density at radius 3 is 2.17 bits per heavy atom. The van der Waals surface area contributed by atoms with Crippen molar-refractivity contribution in [2.75, 3.05) is 5.33 Å². The molecule has 0 N–H and O–H groups in total. The van der Waals surface area contributed by atoms with Gasteiger partial charge in [-0.2, -0.15) is 0 Å². The molecule has 0 spiro atoms. The van der Waals surface area contributed by atoms with Gasteiger partial charge in [0, 0.05) is 13.9 Å². The molecule has 0 aliphatic carbocycles. The molecule has 0 nitrogen and oxygen atoms in total. The lowest BCUT2D eigenvalue weighted by atomic mass is 9.94. The summed E-state index contributed by atoms with van der Waals surface area (Å²) in [7, 11) is 0. The average molecular weight is 436 g/mol. The molecule has 94 valence electrons. The van der Waals surface area contributed by atoms with Crippen LogP contribution in [-0.4, -0.2) is 5.33 Å². The Labute approximate surface area is 135 Å². The Morgan fingerprint density at radius 2 is 1.61 bits per heavy atom. The second kappa shape index (κ2) is 6.92. The number of halogens is 3. The van der Waals surface area contributed by atoms with Crippen molar-refractivity contribution < 1.29 is 0 Å². The average Bonchev–Trinajstić information content (AvgIpc) is 2.39. The molecule has 0 radical (unpaired) electrons. The molecule has 0 aliphatic rings. The third kappa shape index (κ3) is 3.97. The second-order valence-electron chi connectivity index (χ2n) is 4.23. The highest BCUT2D eigenvalue weighted by molar-refractivity contribution is 14.1. The van der Waals surface area contributed by atoms with E-state index < -0.39 is 0 Å². The van der Waals surface area contributed by atoms with E-state index in [2.05, 4.69) is 74.9 Å². The maximum atomic E-state index is 5.92. The third-order valence-corrected chi connectivity index (χ3v) is 4.68. The van der Waals surface area contributed by atoms with Crippen LogP contribution in [0.1, 0.15) is 17.0 Å². The molecular weight excluding hydrogens is 422 g/mol. The number of rotatable bonds is 4. The van der Waals surface area contributed by atoms with Crippen molar-refractivity contribution in [3.8, 4) is 0 Å². The number of hydrogen-bond donors (Lipinski definition) is 0. The molecule has 3 heteroatoms. The van der Waals surface area contributed by atoms with Crippen LogP contribution >= 0.6 is 50.1 Å². The van der Waals surface area contributed by atoms with Crippen molar-refractivity contribution in [3.05, 3.63) is 68.3 Å². The minimum atomic E-state index is 0.488. The summed E-state index contributed by atoms with van der Waals surface area (Å²) in [5, 5.41) is 1.75. The Morgan fingerprint density at radius 1 is 1.00 bits per heavy atom. The zero-order valence-corrected chi connectivity index (χ0v) is 14.2. The first kappa shape index (κ1) is 14.4. The summed E-state index contributed by atoms with van der Waals surface area (Å²) in [5.41, 5.74) is 2.70. The number of hydrogen-bond acceptors (Lipinski definition) is 0. The number of benzene rings is 2. The summed E-state index contributed by atoms with van der Waals surface area (Å²) >= 11 is 11.9. The zero-order valence-electron chi connectivity index (χ0n) is 9.74. The normalized spacial score (nSPS) is 12.4. The molecule has 2 rings (SSSR count). The smallest absolute Gasteiger partial charge is 0.0406 e. The molecule has 0 heterocycles. The first-order valence-corrected chi connectivity index (χ1v) is 8.32. The Balaban J connectivity index is 2.14. The molecule has 0 aromatic heterocycles. The van der Waals surface area contributed by atoms with Crippen LogP contribution in [0.25, 0.3) is 0 Å². The van der Waals surface area contributed by atoms with Gasteiger partial charge in [-0.25, -0.2) is 0 Å². The molecule has 0 aliphatic heterocycles. The monoisotopic (exact) mass is 434 g/mol. The Hall–Kier alpha value is -0.0600. The fourth-order valence-electron chi connectivity index (χ4n) is 1.90. The highest BCUT2D eigenvalue weighted by Gasteiger charge is 2.11. The standard InChI is InChI=1S/C15H13BrClI/c16-10-13(12-3-5-14(17)6-4-12)9-11-1-7-15(18)8-2-11/h1-8,13H,9-10H2. The quantitative estimate of drug-likeness (QED) is 0.429. The zero-order chi connectivity index (χ0) is 13.0. The van der Waals surface area contributed by atoms with Crippen LogP contribution < -0.4 is 0 Å². The summed E-state index contributed by atoms with van der Waals surface area (Å²) < 4.78 is 1.28. The molecule has 1 atom stereocenters. The molecule has 0 saturated heterocycles. The highest BCUT2D eigenvalue weighted by Crippen LogP contribution is 2.24. The Bertz CT molecular complexity index is 493. The van der Waals surface area contributed by atoms with E-state index in [0.717, 1.165) is 16.8 Å². The van der Waals surface area contributed by atoms with Crippen LogP contribution in [0.15, 0.2) is 48.5 Å². The van der Waals surface area contributed by atoms with Crippen molar-refractivity contribution >= 4 is 50.1 Å². The summed E-state index contributed by atoms with van der Waals surface area (Å²) in [5.74, 6) is 0.488. The molecule has 0 fully saturated rings. The van der Waals surface area contributed by atoms with E-state index in [1.54, 1.807) is 0 Å². The molecule has 1 unspecified atom stereocenters. The minimum absolute atomic E-state index is 0.488. The van der Waals surface area contributed by atoms with Gasteiger partial charge in [0.25, 0.3) is 0 Å². The van der Waals surface area contributed by atoms with Crippen molar-refractivity contribution in [3.63, 3.8) is 0 Å². The molecule has 0 bridgehead atoms. The van der Waals surface area contributed by atoms with Gasteiger partial charge in [-0.3, -0.25) is 0 Å². The largest absolute Gasteiger partial charge is 0.0921 e. The van der Waals surface area contributed by atoms with E-state index in [1.807, 2.05) is 12.1 Å². The van der Waals surface area contributed by atoms with Crippen molar-refractivity contribution in [1.29, 1.82) is 0 Å². The first-order chi connectivity index (χ1) is 8.69. The van der Waals surface area contributed by atoms with Crippen LogP contribution in [0.4, 0.5) is 0 Å². The summed E-state index contributed by atoms with van der Waals surface area (Å²) in [6.07, 6.45) is 1.05. The van der Waals surface area contributed by atoms with Crippen LogP contribution in [0.2, 0.25) is 5.02 Å². The van der Waals surface area contributed by atoms with Crippen LogP contribution in [0, 0.1) is 3.57 Å². The van der Waals surface area contributed by atoms with Gasteiger partial charge in [0.05, 0.1) is 0 Å². The van der Waals surface area contributed by atoms with Gasteiger partial charge < -0.3 is 0 Å². The van der Waals surface area contributed by atoms with Crippen LogP contribution in [0.3, 0.4) is 0 Å². The van der Waals surface area contributed by atoms with Crippen LogP contribution in [-0.2, 0) is 6.42 Å². The van der Waals surface area contributed by atoms with Gasteiger partial charge in [-0.15, -0.1) is 0 Å². The summed E-state index contributed by atoms with van der Waals surface area (Å²) in [6, 6.07) is 16.9. The van der Waals surface area contributed by atoms with Gasteiger partial charge in [0.1, 0.15) is 0 Å². The fourth-order valence-corrected chi connectivity index (χ4v) is 2.99. The lowest BCUT2D eigenvalue weighted by Gasteiger charge is -2.15. The van der Waals surface area contributed by atoms with Crippen molar-refractivity contribution in [2.24, 2.45) is 0 Å². The van der Waals surface area contributed by atoms with Gasteiger partial charge in [0.2, 0.25) is 0 Å². The summed E-state index contributed by atoms with van der Waals surface area (Å²) in [4.78, 5) is 0. The molecule has 2 aromatic carbocycles. The highest BCUT2D eigenvalue weighted by atomic mass is 127. The Kier molecular flexibility index (Phi) is 5.52. The predicted molar refractivity (Wildman–Crippen MR) is 90.9 cm³/mol. The molecule has 2 aromatic rings. The fraction of sp³-hybridized carbons (Fsp3) is 0.200. The van der Waals surface area contributed by atoms with E-state index in [9.17, 15) is 0 Å². The lowest BCUT2D eigenvalue weighted by molar-refractivity contribution is 0.775. The van der Waals surface area contributed by atoms with E-state index in [0.29, 0.717) is 5.92 Å². The molecule has 0 amide bonds. The maximum Gasteiger partial charge on any atom is 0.0406 e. The van der Waals surface area contributed by atoms with E-state index in [4.69, 9.17) is 11.6 Å². The molecular formula is C15H13BrClI. The van der Waals surface area contributed by atoms with E-state index in [-0.39, 0.29) is 0 Å². The van der Waals surface area contributed by atoms with Crippen molar-refractivity contribution in [2.45, 2.75) is 12.3 Å². The maximum absolute atomic E-state index is 5.92. The minimum Gasteiger partial charge on any atom is -0.0921 e. The molecule has 18 heavy (non-hydrogen) atoms. The number of alkyl halides is 1. The van der Waals surface area contributed by atoms with Gasteiger partial charge in [0.15, 0.2) is 0 Å². The van der Waals surface area contributed by atoms with E-state index in [1.165, 1.54) is 14.7 Å². The lowest BCUT2D eigenvalue weighted by Crippen LogP contribution is -2.04.